The third kappa shape index (κ3) is 30.9. The number of ketones is 1. The molecule has 0 saturated heterocycles. The normalized spacial score (nSPS) is 9.40. The van der Waals surface area contributed by atoms with Gasteiger partial charge in [0.1, 0.15) is 30.6 Å². The fourth-order valence-corrected chi connectivity index (χ4v) is 3.63. The number of hydrogen-bond acceptors (Lipinski definition) is 1. The van der Waals surface area contributed by atoms with E-state index in [0.717, 1.165) is 39.0 Å². The average molecular weight is 605 g/mol. The summed E-state index contributed by atoms with van der Waals surface area (Å²) in [5.74, 6) is 0.330. The zero-order valence-corrected chi connectivity index (χ0v) is 29.0. The molecule has 0 aliphatic heterocycles. The minimum absolute atomic E-state index is 0. The number of nitrogens with zero attached hydrogens (tertiary/aromatic N) is 4. The Labute approximate surface area is 261 Å². The molecular weight excluding hydrogens is 539 g/mol. The van der Waals surface area contributed by atoms with E-state index in [1.54, 1.807) is 6.92 Å². The quantitative estimate of drug-likeness (QED) is 0.133. The highest BCUT2D eigenvalue weighted by molar-refractivity contribution is 5.85. The molecule has 2 heterocycles. The first-order valence-electron chi connectivity index (χ1n) is 15.5. The van der Waals surface area contributed by atoms with E-state index in [2.05, 4.69) is 111 Å². The van der Waals surface area contributed by atoms with Gasteiger partial charge in [-0.3, -0.25) is 0 Å². The lowest BCUT2D eigenvalue weighted by Crippen LogP contribution is -3.00. The molecular formula is C33H65Cl2N4O+. The summed E-state index contributed by atoms with van der Waals surface area (Å²) in [7, 11) is 0. The Kier molecular flexibility index (Phi) is 38.2. The van der Waals surface area contributed by atoms with E-state index in [1.807, 2.05) is 0 Å². The van der Waals surface area contributed by atoms with Gasteiger partial charge in [-0.05, 0) is 60.8 Å². The summed E-state index contributed by atoms with van der Waals surface area (Å²) in [5, 5.41) is 0. The van der Waals surface area contributed by atoms with Crippen molar-refractivity contribution in [2.24, 2.45) is 0 Å². The molecule has 0 aliphatic rings. The highest BCUT2D eigenvalue weighted by Crippen LogP contribution is 2.08. The molecule has 0 bridgehead atoms. The van der Waals surface area contributed by atoms with E-state index in [-0.39, 0.29) is 24.8 Å². The van der Waals surface area contributed by atoms with Crippen molar-refractivity contribution >= 4 is 18.2 Å². The molecule has 40 heavy (non-hydrogen) atoms. The maximum Gasteiger partial charge on any atom is 0.243 e. The fraction of sp³-hybridized carbons (Fsp3) is 0.727. The highest BCUT2D eigenvalue weighted by atomic mass is 35.5. The molecule has 2 aromatic rings. The summed E-state index contributed by atoms with van der Waals surface area (Å²) < 4.78 is 8.62. The van der Waals surface area contributed by atoms with Crippen molar-refractivity contribution < 1.29 is 26.3 Å². The van der Waals surface area contributed by atoms with E-state index in [9.17, 15) is 4.79 Å². The third-order valence-corrected chi connectivity index (χ3v) is 6.29. The number of halogens is 2. The number of aromatic nitrogens is 4. The summed E-state index contributed by atoms with van der Waals surface area (Å²) in [6.07, 6.45) is 27.7. The Balaban J connectivity index is -0.000000213. The van der Waals surface area contributed by atoms with E-state index in [0.29, 0.717) is 5.78 Å². The predicted molar refractivity (Wildman–Crippen MR) is 171 cm³/mol. The highest BCUT2D eigenvalue weighted by Gasteiger charge is 1.97. The van der Waals surface area contributed by atoms with Crippen molar-refractivity contribution in [3.63, 3.8) is 0 Å². The number of aryl methyl sites for hydroxylation is 4. The first kappa shape index (κ1) is 45.4. The summed E-state index contributed by atoms with van der Waals surface area (Å²) in [4.78, 5) is 10.5. The third-order valence-electron chi connectivity index (χ3n) is 6.29. The SMILES string of the molecule is C=C(C)CCCCCCC.CCCCCCCC(C)=O.CCn1cc[n+](CC)c1.CCn1cc[n+](CC)c1.Cl.[Cl-]. The van der Waals surface area contributed by atoms with Gasteiger partial charge in [0.25, 0.3) is 0 Å². The van der Waals surface area contributed by atoms with Crippen LogP contribution in [0.5, 0.6) is 0 Å². The van der Waals surface area contributed by atoms with E-state index in [1.165, 1.54) is 69.8 Å². The molecule has 0 saturated carbocycles. The molecule has 0 spiro atoms. The van der Waals surface area contributed by atoms with Crippen molar-refractivity contribution in [2.75, 3.05) is 0 Å². The van der Waals surface area contributed by atoms with Crippen molar-refractivity contribution in [1.29, 1.82) is 0 Å². The summed E-state index contributed by atoms with van der Waals surface area (Å²) in [6.45, 7) is 24.9. The lowest BCUT2D eigenvalue weighted by Gasteiger charge is -1.98. The van der Waals surface area contributed by atoms with Crippen molar-refractivity contribution in [3.8, 4) is 0 Å². The smallest absolute Gasteiger partial charge is 0.243 e. The monoisotopic (exact) mass is 603 g/mol. The van der Waals surface area contributed by atoms with E-state index < -0.39 is 0 Å². The Hall–Kier alpha value is -1.59. The maximum absolute atomic E-state index is 10.5. The molecule has 0 fully saturated rings. The number of allylic oxidation sites excluding steroid dienone is 1. The second-order valence-electron chi connectivity index (χ2n) is 10.1. The van der Waals surface area contributed by atoms with Gasteiger partial charge in [0, 0.05) is 6.42 Å². The topological polar surface area (TPSA) is 34.7 Å². The predicted octanol–water partition coefficient (Wildman–Crippen LogP) is 5.92. The van der Waals surface area contributed by atoms with Crippen molar-refractivity contribution in [3.05, 3.63) is 49.6 Å². The molecule has 0 radical (unpaired) electrons. The zero-order chi connectivity index (χ0) is 29.0. The average Bonchev–Trinajstić information content (AvgIpc) is 3.58. The first-order valence-corrected chi connectivity index (χ1v) is 15.5. The molecule has 0 amide bonds. The second-order valence-corrected chi connectivity index (χ2v) is 10.1. The Morgan fingerprint density at radius 2 is 1.02 bits per heavy atom. The van der Waals surface area contributed by atoms with Crippen LogP contribution < -0.4 is 21.5 Å². The molecule has 5 nitrogen and oxygen atoms in total. The van der Waals surface area contributed by atoms with Gasteiger partial charge < -0.3 is 17.2 Å². The number of imidazole rings is 2. The van der Waals surface area contributed by atoms with Crippen LogP contribution in [0.3, 0.4) is 0 Å². The molecule has 0 aliphatic carbocycles. The van der Waals surface area contributed by atoms with Crippen LogP contribution in [-0.4, -0.2) is 14.9 Å². The Bertz CT molecular complexity index is 699. The number of carbonyl (C=O) groups is 1. The second kappa shape index (κ2) is 33.6. The van der Waals surface area contributed by atoms with Crippen LogP contribution in [-0.2, 0) is 31.0 Å². The molecule has 7 heteroatoms. The van der Waals surface area contributed by atoms with Gasteiger partial charge >= 0.3 is 0 Å². The summed E-state index contributed by atoms with van der Waals surface area (Å²) in [6, 6.07) is 0. The molecule has 0 N–H and O–H groups in total. The number of rotatable bonds is 16. The van der Waals surface area contributed by atoms with Crippen LogP contribution >= 0.6 is 12.4 Å². The van der Waals surface area contributed by atoms with Crippen LogP contribution in [0, 0.1) is 0 Å². The number of carbonyl (C=O) groups excluding carboxylic acids is 1. The molecule has 2 rings (SSSR count). The van der Waals surface area contributed by atoms with Crippen molar-refractivity contribution in [2.45, 2.75) is 159 Å². The molecule has 0 atom stereocenters. The van der Waals surface area contributed by atoms with Crippen LogP contribution in [0.1, 0.15) is 132 Å². The van der Waals surface area contributed by atoms with Gasteiger partial charge in [0.05, 0.1) is 26.2 Å². The van der Waals surface area contributed by atoms with Gasteiger partial charge in [-0.25, -0.2) is 18.3 Å². The lowest BCUT2D eigenvalue weighted by molar-refractivity contribution is -0.693. The van der Waals surface area contributed by atoms with Gasteiger partial charge in [-0.1, -0.05) is 70.8 Å². The van der Waals surface area contributed by atoms with Crippen LogP contribution in [0.25, 0.3) is 0 Å². The maximum atomic E-state index is 10.5. The molecule has 0 aromatic carbocycles. The number of Topliss-reactive ketones (excluding diaryl/α,β-unsaturated/α-hetero) is 1. The van der Waals surface area contributed by atoms with E-state index >= 15 is 0 Å². The zero-order valence-electron chi connectivity index (χ0n) is 27.5. The van der Waals surface area contributed by atoms with Crippen LogP contribution in [0.2, 0.25) is 0 Å². The number of unbranched alkanes of at least 4 members (excludes halogenated alkanes) is 8. The number of hydrogen-bond donors (Lipinski definition) is 0. The van der Waals surface area contributed by atoms with Crippen LogP contribution in [0.15, 0.2) is 49.6 Å². The van der Waals surface area contributed by atoms with Gasteiger partial charge in [-0.2, -0.15) is 0 Å². The molecule has 2 aromatic heterocycles. The molecule has 0 unspecified atom stereocenters. The fourth-order valence-electron chi connectivity index (χ4n) is 3.63. The molecule has 236 valence electrons. The summed E-state index contributed by atoms with van der Waals surface area (Å²) >= 11 is 0. The van der Waals surface area contributed by atoms with E-state index in [4.69, 9.17) is 0 Å². The Morgan fingerprint density at radius 3 is 1.27 bits per heavy atom. The standard InChI is InChI=1S/C10H20.C9H18O.2C7H13N2.2ClH/c1-4-5-6-7-8-9-10(2)3;1-3-4-5-6-7-8-9(2)10;2*1-3-8-5-6-9(4-2)7-8;;/h2,4-9H2,1,3H3;3-8H2,1-2H3;2*5-7H,3-4H2,1-2H3;2*1H/q;;2*+1;;/p-1. The van der Waals surface area contributed by atoms with Gasteiger partial charge in [0.15, 0.2) is 0 Å². The van der Waals surface area contributed by atoms with Crippen molar-refractivity contribution in [1.82, 2.24) is 9.13 Å². The largest absolute Gasteiger partial charge is 1.00 e. The Morgan fingerprint density at radius 1 is 0.650 bits per heavy atom. The lowest BCUT2D eigenvalue weighted by atomic mass is 10.1. The van der Waals surface area contributed by atoms with Gasteiger partial charge in [-0.15, -0.1) is 19.0 Å². The minimum Gasteiger partial charge on any atom is -1.00 e. The van der Waals surface area contributed by atoms with Crippen LogP contribution in [0.4, 0.5) is 0 Å². The first-order chi connectivity index (χ1) is 18.3. The van der Waals surface area contributed by atoms with Gasteiger partial charge in [0.2, 0.25) is 12.7 Å². The summed E-state index contributed by atoms with van der Waals surface area (Å²) in [5.41, 5.74) is 1.33. The minimum atomic E-state index is 0.